The highest BCUT2D eigenvalue weighted by Gasteiger charge is 2.24. The highest BCUT2D eigenvalue weighted by molar-refractivity contribution is 7.47. The van der Waals surface area contributed by atoms with E-state index in [1.165, 1.54) is 44.9 Å². The Morgan fingerprint density at radius 3 is 1.84 bits per heavy atom. The Kier molecular flexibility index (Phi) is 14.1. The minimum absolute atomic E-state index is 0.193. The molecule has 0 aromatic rings. The number of aliphatic hydroxyl groups is 1. The zero-order chi connectivity index (χ0) is 19.2. The van der Waals surface area contributed by atoms with Crippen LogP contribution < -0.4 is 0 Å². The van der Waals surface area contributed by atoms with Crippen molar-refractivity contribution >= 4 is 7.82 Å². The summed E-state index contributed by atoms with van der Waals surface area (Å²) in [6, 6.07) is 0. The van der Waals surface area contributed by atoms with Crippen LogP contribution in [-0.2, 0) is 13.6 Å². The van der Waals surface area contributed by atoms with Crippen LogP contribution in [0.3, 0.4) is 0 Å². The number of unbranched alkanes of at least 4 members (excludes halogenated alkanes) is 9. The van der Waals surface area contributed by atoms with E-state index in [0.29, 0.717) is 11.0 Å². The lowest BCUT2D eigenvalue weighted by molar-refractivity contribution is -0.873. The van der Waals surface area contributed by atoms with Gasteiger partial charge in [-0.2, -0.15) is 0 Å². The fraction of sp³-hybridized carbons (Fsp3) is 1.00. The van der Waals surface area contributed by atoms with Gasteiger partial charge in [-0.15, -0.1) is 0 Å². The normalized spacial score (nSPS) is 15.9. The van der Waals surface area contributed by atoms with E-state index in [4.69, 9.17) is 9.05 Å². The van der Waals surface area contributed by atoms with Gasteiger partial charge in [0.15, 0.2) is 0 Å². The molecule has 2 atom stereocenters. The minimum Gasteiger partial charge on any atom is -0.385 e. The van der Waals surface area contributed by atoms with Crippen LogP contribution in [0.2, 0.25) is 0 Å². The number of phosphoric ester groups is 1. The molecule has 0 aliphatic rings. The summed E-state index contributed by atoms with van der Waals surface area (Å²) >= 11 is 0. The Labute approximate surface area is 154 Å². The summed E-state index contributed by atoms with van der Waals surface area (Å²) in [5, 5.41) is 9.78. The minimum atomic E-state index is -4.06. The maximum atomic E-state index is 11.7. The number of hydrogen-bond donors (Lipinski definition) is 2. The zero-order valence-corrected chi connectivity index (χ0v) is 17.7. The van der Waals surface area contributed by atoms with Crippen LogP contribution >= 0.6 is 7.82 Å². The van der Waals surface area contributed by atoms with Gasteiger partial charge in [-0.3, -0.25) is 9.05 Å². The molecule has 0 aromatic carbocycles. The number of hydrogen-bond acceptors (Lipinski definition) is 4. The van der Waals surface area contributed by atoms with E-state index in [-0.39, 0.29) is 13.2 Å². The van der Waals surface area contributed by atoms with Gasteiger partial charge in [-0.1, -0.05) is 64.7 Å². The van der Waals surface area contributed by atoms with Crippen LogP contribution in [0, 0.1) is 0 Å². The van der Waals surface area contributed by atoms with E-state index in [0.717, 1.165) is 19.3 Å². The fourth-order valence-electron chi connectivity index (χ4n) is 2.67. The largest absolute Gasteiger partial charge is 0.472 e. The molecule has 0 aliphatic carbocycles. The van der Waals surface area contributed by atoms with Crippen molar-refractivity contribution in [2.45, 2.75) is 77.2 Å². The zero-order valence-electron chi connectivity index (χ0n) is 16.8. The van der Waals surface area contributed by atoms with Gasteiger partial charge in [0.25, 0.3) is 0 Å². The lowest BCUT2D eigenvalue weighted by Gasteiger charge is -2.26. The van der Waals surface area contributed by atoms with Gasteiger partial charge in [0.2, 0.25) is 0 Å². The Bertz CT molecular complexity index is 360. The number of likely N-dealkylation sites (N-methyl/N-ethyl adjacent to an activating group) is 1. The van der Waals surface area contributed by atoms with Gasteiger partial charge in [0, 0.05) is 0 Å². The molecular weight excluding hydrogens is 341 g/mol. The molecule has 0 saturated heterocycles. The fourth-order valence-corrected chi connectivity index (χ4v) is 3.47. The summed E-state index contributed by atoms with van der Waals surface area (Å²) in [5.74, 6) is 0. The first-order valence-corrected chi connectivity index (χ1v) is 11.3. The van der Waals surface area contributed by atoms with Crippen LogP contribution in [0.1, 0.15) is 71.1 Å². The van der Waals surface area contributed by atoms with Crippen LogP contribution in [0.15, 0.2) is 0 Å². The lowest BCUT2D eigenvalue weighted by atomic mass is 10.1. The van der Waals surface area contributed by atoms with Crippen molar-refractivity contribution in [1.29, 1.82) is 0 Å². The monoisotopic (exact) mass is 382 g/mol. The summed E-state index contributed by atoms with van der Waals surface area (Å²) in [4.78, 5) is 9.60. The quantitative estimate of drug-likeness (QED) is 0.225. The molecule has 0 amide bonds. The molecule has 0 bridgehead atoms. The Morgan fingerprint density at radius 2 is 1.36 bits per heavy atom. The van der Waals surface area contributed by atoms with E-state index in [1.54, 1.807) is 0 Å². The average Bonchev–Trinajstić information content (AvgIpc) is 2.49. The molecule has 2 unspecified atom stereocenters. The van der Waals surface area contributed by atoms with Crippen molar-refractivity contribution < 1.29 is 28.1 Å². The molecule has 0 aromatic heterocycles. The number of nitrogens with zero attached hydrogens (tertiary/aromatic N) is 1. The van der Waals surface area contributed by atoms with Gasteiger partial charge < -0.3 is 14.5 Å². The maximum Gasteiger partial charge on any atom is 0.472 e. The third-order valence-corrected chi connectivity index (χ3v) is 4.93. The van der Waals surface area contributed by atoms with E-state index in [1.807, 2.05) is 21.1 Å². The van der Waals surface area contributed by atoms with Crippen molar-refractivity contribution in [1.82, 2.24) is 0 Å². The van der Waals surface area contributed by atoms with Crippen LogP contribution in [0.4, 0.5) is 0 Å². The Balaban J connectivity index is 3.55. The first kappa shape index (κ1) is 25.0. The van der Waals surface area contributed by atoms with E-state index in [2.05, 4.69) is 6.92 Å². The number of quaternary nitrogens is 1. The number of phosphoric acid groups is 1. The predicted octanol–water partition coefficient (Wildman–Crippen LogP) is 4.11. The lowest BCUT2D eigenvalue weighted by Crippen LogP contribution is -2.42. The highest BCUT2D eigenvalue weighted by atomic mass is 31.2. The molecule has 0 rings (SSSR count). The summed E-state index contributed by atoms with van der Waals surface area (Å²) in [7, 11) is 1.75. The second-order valence-electron chi connectivity index (χ2n) is 7.91. The van der Waals surface area contributed by atoms with Gasteiger partial charge in [-0.05, 0) is 6.42 Å². The molecule has 0 aliphatic heterocycles. The Hall–Kier alpha value is 0.0300. The van der Waals surface area contributed by atoms with Crippen molar-refractivity contribution in [3.05, 3.63) is 0 Å². The second kappa shape index (κ2) is 14.1. The SMILES string of the molecule is CCCCCCCCCCCCOP(=O)(O)OCC(O)C[N+](C)(C)C. The van der Waals surface area contributed by atoms with Crippen molar-refractivity contribution in [3.8, 4) is 0 Å². The molecule has 0 saturated carbocycles. The van der Waals surface area contributed by atoms with Crippen molar-refractivity contribution in [2.75, 3.05) is 40.9 Å². The van der Waals surface area contributed by atoms with Gasteiger partial charge in [-0.25, -0.2) is 4.57 Å². The standard InChI is InChI=1S/C18H40NO5P/c1-5-6-7-8-9-10-11-12-13-14-15-23-25(21,22)24-17-18(20)16-19(2,3)4/h18,20H,5-17H2,1-4H3/p+1. The van der Waals surface area contributed by atoms with Crippen LogP contribution in [0.5, 0.6) is 0 Å². The van der Waals surface area contributed by atoms with Gasteiger partial charge >= 0.3 is 7.82 Å². The third kappa shape index (κ3) is 18.6. The molecule has 7 heteroatoms. The first-order valence-electron chi connectivity index (χ1n) is 9.76. The summed E-state index contributed by atoms with van der Waals surface area (Å²) in [6.07, 6.45) is 11.2. The number of rotatable bonds is 17. The molecule has 152 valence electrons. The third-order valence-electron chi connectivity index (χ3n) is 3.94. The predicted molar refractivity (Wildman–Crippen MR) is 102 cm³/mol. The summed E-state index contributed by atoms with van der Waals surface area (Å²) < 4.78 is 22.1. The summed E-state index contributed by atoms with van der Waals surface area (Å²) in [6.45, 7) is 2.70. The molecule has 2 N–H and O–H groups in total. The van der Waals surface area contributed by atoms with E-state index in [9.17, 15) is 14.6 Å². The smallest absolute Gasteiger partial charge is 0.385 e. The topological polar surface area (TPSA) is 76.0 Å². The molecule has 6 nitrogen and oxygen atoms in total. The molecule has 0 fully saturated rings. The highest BCUT2D eigenvalue weighted by Crippen LogP contribution is 2.43. The molecular formula is C18H41NO5P+. The summed E-state index contributed by atoms with van der Waals surface area (Å²) in [5.41, 5.74) is 0. The molecule has 0 heterocycles. The van der Waals surface area contributed by atoms with Gasteiger partial charge in [0.05, 0.1) is 34.4 Å². The van der Waals surface area contributed by atoms with Crippen molar-refractivity contribution in [2.24, 2.45) is 0 Å². The average molecular weight is 383 g/mol. The number of aliphatic hydroxyl groups excluding tert-OH is 1. The van der Waals surface area contributed by atoms with Crippen LogP contribution in [-0.4, -0.2) is 61.5 Å². The molecule has 25 heavy (non-hydrogen) atoms. The van der Waals surface area contributed by atoms with Crippen LogP contribution in [0.25, 0.3) is 0 Å². The van der Waals surface area contributed by atoms with E-state index < -0.39 is 13.9 Å². The Morgan fingerprint density at radius 1 is 0.880 bits per heavy atom. The molecule has 0 radical (unpaired) electrons. The van der Waals surface area contributed by atoms with Gasteiger partial charge in [0.1, 0.15) is 12.6 Å². The second-order valence-corrected chi connectivity index (χ2v) is 9.36. The maximum absolute atomic E-state index is 11.7. The molecule has 0 spiro atoms. The first-order chi connectivity index (χ1) is 11.7. The van der Waals surface area contributed by atoms with E-state index >= 15 is 0 Å². The van der Waals surface area contributed by atoms with Crippen molar-refractivity contribution in [3.63, 3.8) is 0 Å².